The Morgan fingerprint density at radius 1 is 1.62 bits per heavy atom. The van der Waals surface area contributed by atoms with Crippen molar-refractivity contribution in [3.8, 4) is 0 Å². The highest BCUT2D eigenvalue weighted by Gasteiger charge is 2.03. The first kappa shape index (κ1) is 9.80. The molecule has 0 spiro atoms. The molecular weight excluding hydrogens is 166 g/mol. The van der Waals surface area contributed by atoms with Gasteiger partial charge in [-0.15, -0.1) is 0 Å². The summed E-state index contributed by atoms with van der Waals surface area (Å²) < 4.78 is 0. The topological polar surface area (TPSA) is 71.2 Å². The van der Waals surface area contributed by atoms with Gasteiger partial charge in [-0.05, 0) is 18.6 Å². The first-order valence-corrected chi connectivity index (χ1v) is 4.35. The van der Waals surface area contributed by atoms with E-state index in [4.69, 9.17) is 10.8 Å². The molecule has 1 rings (SSSR count). The molecule has 1 aromatic heterocycles. The number of hydrogen-bond donors (Lipinski definition) is 3. The van der Waals surface area contributed by atoms with Gasteiger partial charge in [-0.2, -0.15) is 0 Å². The SMILES string of the molecule is CCC(CO)Nc1ccc(N)nc1. The number of rotatable bonds is 4. The number of nitrogens with zero attached hydrogens (tertiary/aromatic N) is 1. The molecule has 72 valence electrons. The highest BCUT2D eigenvalue weighted by molar-refractivity contribution is 5.45. The molecule has 4 N–H and O–H groups in total. The molecule has 4 nitrogen and oxygen atoms in total. The Morgan fingerprint density at radius 3 is 2.85 bits per heavy atom. The molecule has 0 fully saturated rings. The number of pyridine rings is 1. The smallest absolute Gasteiger partial charge is 0.123 e. The molecule has 0 aliphatic carbocycles. The maximum Gasteiger partial charge on any atom is 0.123 e. The van der Waals surface area contributed by atoms with Crippen molar-refractivity contribution in [2.75, 3.05) is 17.7 Å². The Hall–Kier alpha value is -1.29. The minimum Gasteiger partial charge on any atom is -0.394 e. The van der Waals surface area contributed by atoms with Crippen molar-refractivity contribution in [1.29, 1.82) is 0 Å². The van der Waals surface area contributed by atoms with Crippen LogP contribution in [-0.2, 0) is 0 Å². The van der Waals surface area contributed by atoms with Crippen LogP contribution in [0.2, 0.25) is 0 Å². The van der Waals surface area contributed by atoms with Crippen LogP contribution >= 0.6 is 0 Å². The second-order valence-corrected chi connectivity index (χ2v) is 2.90. The summed E-state index contributed by atoms with van der Waals surface area (Å²) in [4.78, 5) is 3.93. The normalized spacial score (nSPS) is 12.5. The fourth-order valence-electron chi connectivity index (χ4n) is 1.00. The Labute approximate surface area is 77.8 Å². The van der Waals surface area contributed by atoms with Gasteiger partial charge in [0, 0.05) is 6.04 Å². The van der Waals surface area contributed by atoms with Crippen molar-refractivity contribution >= 4 is 11.5 Å². The summed E-state index contributed by atoms with van der Waals surface area (Å²) in [5, 5.41) is 12.1. The van der Waals surface area contributed by atoms with Gasteiger partial charge >= 0.3 is 0 Å². The summed E-state index contributed by atoms with van der Waals surface area (Å²) in [6, 6.07) is 3.66. The molecule has 0 saturated heterocycles. The van der Waals surface area contributed by atoms with E-state index in [0.29, 0.717) is 5.82 Å². The Kier molecular flexibility index (Phi) is 3.52. The quantitative estimate of drug-likeness (QED) is 0.644. The number of anilines is 2. The lowest BCUT2D eigenvalue weighted by molar-refractivity contribution is 0.272. The van der Waals surface area contributed by atoms with Gasteiger partial charge in [-0.25, -0.2) is 4.98 Å². The molecule has 1 atom stereocenters. The van der Waals surface area contributed by atoms with E-state index in [1.807, 2.05) is 13.0 Å². The predicted molar refractivity (Wildman–Crippen MR) is 53.4 cm³/mol. The molecule has 13 heavy (non-hydrogen) atoms. The maximum atomic E-state index is 8.93. The van der Waals surface area contributed by atoms with Crippen molar-refractivity contribution in [3.05, 3.63) is 18.3 Å². The van der Waals surface area contributed by atoms with Crippen LogP contribution in [0.15, 0.2) is 18.3 Å². The van der Waals surface area contributed by atoms with E-state index >= 15 is 0 Å². The van der Waals surface area contributed by atoms with Crippen LogP contribution in [0.3, 0.4) is 0 Å². The lowest BCUT2D eigenvalue weighted by Gasteiger charge is -2.14. The third-order valence-corrected chi connectivity index (χ3v) is 1.87. The van der Waals surface area contributed by atoms with Crippen molar-refractivity contribution in [2.24, 2.45) is 0 Å². The lowest BCUT2D eigenvalue weighted by atomic mass is 10.2. The summed E-state index contributed by atoms with van der Waals surface area (Å²) in [6.07, 6.45) is 2.54. The molecule has 0 aromatic carbocycles. The van der Waals surface area contributed by atoms with Gasteiger partial charge in [0.05, 0.1) is 18.5 Å². The molecule has 0 saturated carbocycles. The lowest BCUT2D eigenvalue weighted by Crippen LogP contribution is -2.22. The van der Waals surface area contributed by atoms with Crippen molar-refractivity contribution in [2.45, 2.75) is 19.4 Å². The molecule has 0 bridgehead atoms. The minimum absolute atomic E-state index is 0.0884. The van der Waals surface area contributed by atoms with E-state index in [1.165, 1.54) is 0 Å². The number of nitrogens with one attached hydrogen (secondary N) is 1. The maximum absolute atomic E-state index is 8.93. The number of aliphatic hydroxyl groups excluding tert-OH is 1. The minimum atomic E-state index is 0.0884. The molecule has 1 aromatic rings. The molecule has 1 heterocycles. The standard InChI is InChI=1S/C9H15N3O/c1-2-7(6-13)12-8-3-4-9(10)11-5-8/h3-5,7,12-13H,2,6H2,1H3,(H2,10,11). The second kappa shape index (κ2) is 4.67. The van der Waals surface area contributed by atoms with Gasteiger partial charge in [-0.1, -0.05) is 6.92 Å². The summed E-state index contributed by atoms with van der Waals surface area (Å²) in [5.41, 5.74) is 6.32. The molecular formula is C9H15N3O. The van der Waals surface area contributed by atoms with Crippen LogP contribution in [0.5, 0.6) is 0 Å². The zero-order valence-electron chi connectivity index (χ0n) is 7.70. The molecule has 0 radical (unpaired) electrons. The molecule has 4 heteroatoms. The van der Waals surface area contributed by atoms with Crippen LogP contribution in [-0.4, -0.2) is 22.7 Å². The fourth-order valence-corrected chi connectivity index (χ4v) is 1.00. The van der Waals surface area contributed by atoms with Gasteiger partial charge in [0.1, 0.15) is 5.82 Å². The van der Waals surface area contributed by atoms with Crippen molar-refractivity contribution in [3.63, 3.8) is 0 Å². The van der Waals surface area contributed by atoms with Gasteiger partial charge in [-0.3, -0.25) is 0 Å². The number of nitrogens with two attached hydrogens (primary N) is 1. The van der Waals surface area contributed by atoms with E-state index in [0.717, 1.165) is 12.1 Å². The summed E-state index contributed by atoms with van der Waals surface area (Å²) in [7, 11) is 0. The third kappa shape index (κ3) is 2.91. The van der Waals surface area contributed by atoms with Gasteiger partial charge in [0.25, 0.3) is 0 Å². The van der Waals surface area contributed by atoms with Crippen LogP contribution in [0.25, 0.3) is 0 Å². The monoisotopic (exact) mass is 181 g/mol. The first-order chi connectivity index (χ1) is 6.26. The molecule has 0 aliphatic rings. The zero-order chi connectivity index (χ0) is 9.68. The molecule has 0 aliphatic heterocycles. The number of aliphatic hydroxyl groups is 1. The van der Waals surface area contributed by atoms with Crippen molar-refractivity contribution < 1.29 is 5.11 Å². The van der Waals surface area contributed by atoms with Gasteiger partial charge in [0.15, 0.2) is 0 Å². The van der Waals surface area contributed by atoms with E-state index in [-0.39, 0.29) is 12.6 Å². The first-order valence-electron chi connectivity index (χ1n) is 4.35. The van der Waals surface area contributed by atoms with Crippen LogP contribution in [0, 0.1) is 0 Å². The highest BCUT2D eigenvalue weighted by atomic mass is 16.3. The number of nitrogen functional groups attached to an aromatic ring is 1. The van der Waals surface area contributed by atoms with E-state index in [1.54, 1.807) is 12.3 Å². The Bertz CT molecular complexity index is 244. The predicted octanol–water partition coefficient (Wildman–Crippen LogP) is 0.847. The second-order valence-electron chi connectivity index (χ2n) is 2.90. The number of hydrogen-bond acceptors (Lipinski definition) is 4. The van der Waals surface area contributed by atoms with E-state index < -0.39 is 0 Å². The van der Waals surface area contributed by atoms with Gasteiger partial charge < -0.3 is 16.2 Å². The van der Waals surface area contributed by atoms with Crippen LogP contribution in [0.4, 0.5) is 11.5 Å². The van der Waals surface area contributed by atoms with Crippen LogP contribution in [0.1, 0.15) is 13.3 Å². The number of aromatic nitrogens is 1. The van der Waals surface area contributed by atoms with Gasteiger partial charge in [0.2, 0.25) is 0 Å². The summed E-state index contributed by atoms with van der Waals surface area (Å²) in [5.74, 6) is 0.502. The zero-order valence-corrected chi connectivity index (χ0v) is 7.70. The van der Waals surface area contributed by atoms with Crippen LogP contribution < -0.4 is 11.1 Å². The molecule has 0 amide bonds. The highest BCUT2D eigenvalue weighted by Crippen LogP contribution is 2.09. The average Bonchev–Trinajstić information content (AvgIpc) is 2.17. The third-order valence-electron chi connectivity index (χ3n) is 1.87. The summed E-state index contributed by atoms with van der Waals surface area (Å²) in [6.45, 7) is 2.14. The van der Waals surface area contributed by atoms with Crippen molar-refractivity contribution in [1.82, 2.24) is 4.98 Å². The average molecular weight is 181 g/mol. The van der Waals surface area contributed by atoms with E-state index in [2.05, 4.69) is 10.3 Å². The Morgan fingerprint density at radius 2 is 2.38 bits per heavy atom. The largest absolute Gasteiger partial charge is 0.394 e. The van der Waals surface area contributed by atoms with E-state index in [9.17, 15) is 0 Å². The molecule has 1 unspecified atom stereocenters. The summed E-state index contributed by atoms with van der Waals surface area (Å²) >= 11 is 0. The Balaban J connectivity index is 2.58. The fraction of sp³-hybridized carbons (Fsp3) is 0.444.